The zero-order valence-electron chi connectivity index (χ0n) is 10.7. The molecular formula is C14H15N3O2. The van der Waals surface area contributed by atoms with E-state index in [2.05, 4.69) is 10.1 Å². The van der Waals surface area contributed by atoms with Crippen molar-refractivity contribution >= 4 is 5.97 Å². The average molecular weight is 257 g/mol. The average Bonchev–Trinajstić information content (AvgIpc) is 2.82. The Hall–Kier alpha value is -2.17. The van der Waals surface area contributed by atoms with E-state index < -0.39 is 12.0 Å². The summed E-state index contributed by atoms with van der Waals surface area (Å²) in [5.41, 5.74) is 2.08. The normalized spacial score (nSPS) is 18.1. The van der Waals surface area contributed by atoms with Crippen molar-refractivity contribution < 1.29 is 9.90 Å². The Kier molecular flexibility index (Phi) is 2.81. The van der Waals surface area contributed by atoms with E-state index in [9.17, 15) is 9.90 Å². The molecule has 1 unspecified atom stereocenters. The molecule has 98 valence electrons. The highest BCUT2D eigenvalue weighted by molar-refractivity contribution is 5.72. The summed E-state index contributed by atoms with van der Waals surface area (Å²) in [5, 5.41) is 13.6. The Labute approximate surface area is 110 Å². The Morgan fingerprint density at radius 2 is 2.32 bits per heavy atom. The number of benzene rings is 1. The Morgan fingerprint density at radius 1 is 1.47 bits per heavy atom. The number of aryl methyl sites for hydroxylation is 2. The summed E-state index contributed by atoms with van der Waals surface area (Å²) >= 11 is 0. The number of aromatic nitrogens is 3. The Balaban J connectivity index is 2.04. The number of hydrogen-bond donors (Lipinski definition) is 1. The molecule has 2 aromatic rings. The number of aliphatic carboxylic acids is 1. The molecular weight excluding hydrogens is 242 g/mol. The molecule has 1 aliphatic rings. The van der Waals surface area contributed by atoms with Crippen LogP contribution in [0.3, 0.4) is 0 Å². The summed E-state index contributed by atoms with van der Waals surface area (Å²) in [6, 6.07) is 7.36. The molecule has 5 nitrogen and oxygen atoms in total. The van der Waals surface area contributed by atoms with Gasteiger partial charge >= 0.3 is 5.97 Å². The topological polar surface area (TPSA) is 68.0 Å². The molecule has 0 amide bonds. The number of carboxylic acid groups (broad SMARTS) is 1. The van der Waals surface area contributed by atoms with Crippen LogP contribution in [0.15, 0.2) is 24.3 Å². The lowest BCUT2D eigenvalue weighted by Crippen LogP contribution is -2.25. The summed E-state index contributed by atoms with van der Waals surface area (Å²) < 4.78 is 1.57. The van der Waals surface area contributed by atoms with Crippen LogP contribution < -0.4 is 0 Å². The summed E-state index contributed by atoms with van der Waals surface area (Å²) in [7, 11) is 0. The highest BCUT2D eigenvalue weighted by atomic mass is 16.4. The molecule has 0 fully saturated rings. The van der Waals surface area contributed by atoms with Crippen LogP contribution in [0, 0.1) is 6.92 Å². The van der Waals surface area contributed by atoms with Crippen LogP contribution in [0.4, 0.5) is 0 Å². The van der Waals surface area contributed by atoms with Gasteiger partial charge in [-0.05, 0) is 25.8 Å². The number of hydrogen-bond acceptors (Lipinski definition) is 3. The standard InChI is InChI=1S/C14H15N3O2/c1-9-4-2-5-10(8-9)13-15-12-7-3-6-11(14(18)19)17(12)16-13/h2,4-5,8,11H,3,6-7H2,1H3,(H,18,19). The SMILES string of the molecule is Cc1cccc(-c2nc3n(n2)C(C(=O)O)CCC3)c1. The zero-order chi connectivity index (χ0) is 13.4. The molecule has 0 saturated carbocycles. The van der Waals surface area contributed by atoms with Gasteiger partial charge < -0.3 is 5.11 Å². The van der Waals surface area contributed by atoms with E-state index in [1.54, 1.807) is 4.68 Å². The maximum absolute atomic E-state index is 11.2. The highest BCUT2D eigenvalue weighted by Crippen LogP contribution is 2.26. The molecule has 0 radical (unpaired) electrons. The minimum atomic E-state index is -0.832. The molecule has 1 aromatic heterocycles. The summed E-state index contributed by atoms with van der Waals surface area (Å²) in [6.07, 6.45) is 2.27. The van der Waals surface area contributed by atoms with Crippen molar-refractivity contribution in [2.75, 3.05) is 0 Å². The highest BCUT2D eigenvalue weighted by Gasteiger charge is 2.28. The van der Waals surface area contributed by atoms with Gasteiger partial charge in [0.05, 0.1) is 0 Å². The largest absolute Gasteiger partial charge is 0.480 e. The molecule has 1 aromatic carbocycles. The third-order valence-electron chi connectivity index (χ3n) is 3.44. The van der Waals surface area contributed by atoms with Crippen LogP contribution in [0.5, 0.6) is 0 Å². The second-order valence-electron chi connectivity index (χ2n) is 4.91. The lowest BCUT2D eigenvalue weighted by Gasteiger charge is -2.19. The van der Waals surface area contributed by atoms with Crippen molar-refractivity contribution in [3.63, 3.8) is 0 Å². The zero-order valence-corrected chi connectivity index (χ0v) is 10.7. The van der Waals surface area contributed by atoms with Gasteiger partial charge in [-0.15, -0.1) is 5.10 Å². The van der Waals surface area contributed by atoms with Gasteiger partial charge in [-0.25, -0.2) is 14.5 Å². The lowest BCUT2D eigenvalue weighted by molar-refractivity contribution is -0.141. The number of nitrogens with zero attached hydrogens (tertiary/aromatic N) is 3. The maximum Gasteiger partial charge on any atom is 0.328 e. The first-order chi connectivity index (χ1) is 9.15. The van der Waals surface area contributed by atoms with Crippen molar-refractivity contribution in [1.29, 1.82) is 0 Å². The molecule has 1 atom stereocenters. The van der Waals surface area contributed by atoms with Crippen molar-refractivity contribution in [2.45, 2.75) is 32.2 Å². The monoisotopic (exact) mass is 257 g/mol. The molecule has 0 bridgehead atoms. The van der Waals surface area contributed by atoms with Crippen molar-refractivity contribution in [2.24, 2.45) is 0 Å². The molecule has 2 heterocycles. The predicted octanol–water partition coefficient (Wildman–Crippen LogP) is 2.22. The van der Waals surface area contributed by atoms with E-state index in [0.717, 1.165) is 29.8 Å². The van der Waals surface area contributed by atoms with Gasteiger partial charge in [-0.1, -0.05) is 23.8 Å². The summed E-state index contributed by atoms with van der Waals surface area (Å²) in [4.78, 5) is 15.7. The lowest BCUT2D eigenvalue weighted by atomic mass is 10.1. The molecule has 3 rings (SSSR count). The maximum atomic E-state index is 11.2. The van der Waals surface area contributed by atoms with Crippen molar-refractivity contribution in [3.8, 4) is 11.4 Å². The number of rotatable bonds is 2. The first-order valence-electron chi connectivity index (χ1n) is 6.40. The predicted molar refractivity (Wildman–Crippen MR) is 69.8 cm³/mol. The van der Waals surface area contributed by atoms with Gasteiger partial charge in [0, 0.05) is 12.0 Å². The third-order valence-corrected chi connectivity index (χ3v) is 3.44. The van der Waals surface area contributed by atoms with Gasteiger partial charge in [0.15, 0.2) is 11.9 Å². The fourth-order valence-electron chi connectivity index (χ4n) is 2.49. The van der Waals surface area contributed by atoms with Gasteiger partial charge in [0.1, 0.15) is 5.82 Å². The quantitative estimate of drug-likeness (QED) is 0.895. The fourth-order valence-corrected chi connectivity index (χ4v) is 2.49. The van der Waals surface area contributed by atoms with Gasteiger partial charge in [0.25, 0.3) is 0 Å². The van der Waals surface area contributed by atoms with E-state index in [1.165, 1.54) is 0 Å². The van der Waals surface area contributed by atoms with E-state index in [1.807, 2.05) is 31.2 Å². The van der Waals surface area contributed by atoms with E-state index in [0.29, 0.717) is 12.2 Å². The molecule has 1 aliphatic heterocycles. The Bertz CT molecular complexity index is 633. The van der Waals surface area contributed by atoms with Crippen molar-refractivity contribution in [1.82, 2.24) is 14.8 Å². The molecule has 0 saturated heterocycles. The fraction of sp³-hybridized carbons (Fsp3) is 0.357. The first-order valence-corrected chi connectivity index (χ1v) is 6.40. The molecule has 19 heavy (non-hydrogen) atoms. The molecule has 5 heteroatoms. The summed E-state index contributed by atoms with van der Waals surface area (Å²) in [6.45, 7) is 2.01. The van der Waals surface area contributed by atoms with E-state index >= 15 is 0 Å². The van der Waals surface area contributed by atoms with E-state index in [4.69, 9.17) is 0 Å². The van der Waals surface area contributed by atoms with Crippen LogP contribution in [-0.4, -0.2) is 25.8 Å². The van der Waals surface area contributed by atoms with Crippen LogP contribution in [0.1, 0.15) is 30.3 Å². The Morgan fingerprint density at radius 3 is 3.05 bits per heavy atom. The smallest absolute Gasteiger partial charge is 0.328 e. The van der Waals surface area contributed by atoms with Crippen LogP contribution in [-0.2, 0) is 11.2 Å². The minimum absolute atomic E-state index is 0.574. The molecule has 1 N–H and O–H groups in total. The number of carboxylic acids is 1. The van der Waals surface area contributed by atoms with Gasteiger partial charge in [-0.2, -0.15) is 0 Å². The minimum Gasteiger partial charge on any atom is -0.480 e. The van der Waals surface area contributed by atoms with Crippen molar-refractivity contribution in [3.05, 3.63) is 35.7 Å². The van der Waals surface area contributed by atoms with Crippen LogP contribution in [0.25, 0.3) is 11.4 Å². The van der Waals surface area contributed by atoms with Crippen LogP contribution >= 0.6 is 0 Å². The molecule has 0 aliphatic carbocycles. The second kappa shape index (κ2) is 4.50. The number of fused-ring (bicyclic) bond motifs is 1. The van der Waals surface area contributed by atoms with Gasteiger partial charge in [-0.3, -0.25) is 0 Å². The molecule has 0 spiro atoms. The number of carbonyl (C=O) groups is 1. The van der Waals surface area contributed by atoms with Gasteiger partial charge in [0.2, 0.25) is 0 Å². The third kappa shape index (κ3) is 2.12. The second-order valence-corrected chi connectivity index (χ2v) is 4.91. The first kappa shape index (κ1) is 11.9. The summed E-state index contributed by atoms with van der Waals surface area (Å²) in [5.74, 6) is 0.559. The van der Waals surface area contributed by atoms with E-state index in [-0.39, 0.29) is 0 Å². The van der Waals surface area contributed by atoms with Crippen LogP contribution in [0.2, 0.25) is 0 Å².